The van der Waals surface area contributed by atoms with Crippen molar-refractivity contribution in [1.82, 2.24) is 25.1 Å². The number of rotatable bonds is 8. The molecule has 4 rings (SSSR count). The molecule has 0 spiro atoms. The van der Waals surface area contributed by atoms with Crippen molar-refractivity contribution in [1.29, 1.82) is 0 Å². The molecule has 2 aromatic carbocycles. The number of hydrogen-bond acceptors (Lipinski definition) is 7. The molecule has 0 bridgehead atoms. The lowest BCUT2D eigenvalue weighted by atomic mass is 9.95. The smallest absolute Gasteiger partial charge is 0.173 e. The second kappa shape index (κ2) is 10.6. The van der Waals surface area contributed by atoms with Crippen LogP contribution in [0, 0.1) is 0 Å². The molecule has 8 nitrogen and oxygen atoms in total. The third-order valence-corrected chi connectivity index (χ3v) is 5.57. The van der Waals surface area contributed by atoms with Gasteiger partial charge in [0.2, 0.25) is 0 Å². The summed E-state index contributed by atoms with van der Waals surface area (Å²) in [5, 5.41) is 12.6. The van der Waals surface area contributed by atoms with Crippen molar-refractivity contribution >= 4 is 12.4 Å². The van der Waals surface area contributed by atoms with Crippen LogP contribution in [-0.4, -0.2) is 59.6 Å². The van der Waals surface area contributed by atoms with Gasteiger partial charge in [0.15, 0.2) is 5.82 Å². The fraction of sp³-hybridized carbons (Fsp3) is 0.409. The maximum atomic E-state index is 5.72. The number of aromatic nitrogens is 4. The Bertz CT molecular complexity index is 997. The zero-order valence-corrected chi connectivity index (χ0v) is 18.8. The topological polar surface area (TPSA) is 74.5 Å². The van der Waals surface area contributed by atoms with Gasteiger partial charge in [0.1, 0.15) is 17.5 Å². The van der Waals surface area contributed by atoms with E-state index in [9.17, 15) is 0 Å². The third-order valence-electron chi connectivity index (χ3n) is 5.57. The van der Waals surface area contributed by atoms with Crippen molar-refractivity contribution in [2.45, 2.75) is 25.6 Å². The largest absolute Gasteiger partial charge is 0.497 e. The average molecular weight is 446 g/mol. The van der Waals surface area contributed by atoms with Gasteiger partial charge in [0.25, 0.3) is 0 Å². The molecule has 9 heteroatoms. The molecule has 0 fully saturated rings. The lowest BCUT2D eigenvalue weighted by Gasteiger charge is -2.35. The monoisotopic (exact) mass is 445 g/mol. The van der Waals surface area contributed by atoms with Gasteiger partial charge in [-0.15, -0.1) is 17.5 Å². The van der Waals surface area contributed by atoms with E-state index in [1.54, 1.807) is 21.3 Å². The second-order valence-electron chi connectivity index (χ2n) is 7.25. The van der Waals surface area contributed by atoms with Gasteiger partial charge in [-0.3, -0.25) is 4.90 Å². The van der Waals surface area contributed by atoms with Crippen molar-refractivity contribution in [2.24, 2.45) is 0 Å². The first-order valence-corrected chi connectivity index (χ1v) is 10.0. The molecule has 1 aliphatic rings. The number of fused-ring (bicyclic) bond motifs is 1. The molecule has 0 saturated heterocycles. The van der Waals surface area contributed by atoms with Crippen molar-refractivity contribution in [3.8, 4) is 11.5 Å². The van der Waals surface area contributed by atoms with Crippen LogP contribution in [0.5, 0.6) is 11.5 Å². The summed E-state index contributed by atoms with van der Waals surface area (Å²) in [6.07, 6.45) is 0.971. The fourth-order valence-electron chi connectivity index (χ4n) is 4.03. The van der Waals surface area contributed by atoms with Gasteiger partial charge in [-0.1, -0.05) is 24.3 Å². The lowest BCUT2D eigenvalue weighted by molar-refractivity contribution is 0.168. The molecule has 31 heavy (non-hydrogen) atoms. The summed E-state index contributed by atoms with van der Waals surface area (Å²) >= 11 is 0. The number of halogens is 1. The molecule has 3 aromatic rings. The van der Waals surface area contributed by atoms with Crippen LogP contribution in [0.2, 0.25) is 0 Å². The van der Waals surface area contributed by atoms with E-state index in [1.807, 2.05) is 22.9 Å². The van der Waals surface area contributed by atoms with Gasteiger partial charge in [-0.25, -0.2) is 4.68 Å². The molecular formula is C22H28ClN5O3. The Morgan fingerprint density at radius 1 is 1.03 bits per heavy atom. The number of tetrazole rings is 1. The molecule has 0 radical (unpaired) electrons. The highest BCUT2D eigenvalue weighted by Crippen LogP contribution is 2.38. The van der Waals surface area contributed by atoms with Gasteiger partial charge < -0.3 is 14.2 Å². The number of hydrogen-bond donors (Lipinski definition) is 0. The van der Waals surface area contributed by atoms with Crippen LogP contribution >= 0.6 is 12.4 Å². The van der Waals surface area contributed by atoms with Gasteiger partial charge in [0.05, 0.1) is 27.4 Å². The van der Waals surface area contributed by atoms with Crippen LogP contribution in [-0.2, 0) is 24.2 Å². The summed E-state index contributed by atoms with van der Waals surface area (Å²) in [4.78, 5) is 2.40. The number of ether oxygens (including phenoxy) is 3. The summed E-state index contributed by atoms with van der Waals surface area (Å²) in [6, 6.07) is 14.2. The summed E-state index contributed by atoms with van der Waals surface area (Å²) in [6.45, 7) is 2.80. The number of benzene rings is 2. The predicted molar refractivity (Wildman–Crippen MR) is 119 cm³/mol. The van der Waals surface area contributed by atoms with E-state index in [0.29, 0.717) is 13.2 Å². The summed E-state index contributed by atoms with van der Waals surface area (Å²) in [7, 11) is 5.02. The van der Waals surface area contributed by atoms with Crippen molar-refractivity contribution in [3.63, 3.8) is 0 Å². The van der Waals surface area contributed by atoms with E-state index in [1.165, 1.54) is 11.1 Å². The molecule has 0 N–H and O–H groups in total. The van der Waals surface area contributed by atoms with E-state index < -0.39 is 0 Å². The Balaban J connectivity index is 0.00000272. The zero-order valence-electron chi connectivity index (χ0n) is 18.0. The Kier molecular flexibility index (Phi) is 7.84. The molecule has 0 aliphatic carbocycles. The molecular weight excluding hydrogens is 418 g/mol. The molecule has 0 saturated carbocycles. The SMILES string of the molecule is COCCn1nnnc1C(c1cc(OC)ccc1OC)N1CCc2ccccc2C1.Cl. The fourth-order valence-corrected chi connectivity index (χ4v) is 4.03. The standard InChI is InChI=1S/C22H27N5O3.ClH/c1-28-13-12-27-22(23-24-25-27)21(19-14-18(29-2)8-9-20(19)30-3)26-11-10-16-6-4-5-7-17(16)15-26;/h4-9,14,21H,10-13,15H2,1-3H3;1H. The predicted octanol–water partition coefficient (Wildman–Crippen LogP) is 2.91. The van der Waals surface area contributed by atoms with E-state index >= 15 is 0 Å². The van der Waals surface area contributed by atoms with E-state index in [0.717, 1.165) is 42.4 Å². The number of nitrogens with zero attached hydrogens (tertiary/aromatic N) is 5. The van der Waals surface area contributed by atoms with E-state index in [4.69, 9.17) is 14.2 Å². The summed E-state index contributed by atoms with van der Waals surface area (Å²) < 4.78 is 18.3. The Labute approximate surface area is 188 Å². The molecule has 2 heterocycles. The molecule has 1 unspecified atom stereocenters. The van der Waals surface area contributed by atoms with Crippen LogP contribution in [0.4, 0.5) is 0 Å². The minimum absolute atomic E-state index is 0. The highest BCUT2D eigenvalue weighted by atomic mass is 35.5. The molecule has 1 atom stereocenters. The van der Waals surface area contributed by atoms with E-state index in [2.05, 4.69) is 44.7 Å². The molecule has 0 amide bonds. The number of methoxy groups -OCH3 is 3. The first-order valence-electron chi connectivity index (χ1n) is 10.0. The van der Waals surface area contributed by atoms with Crippen molar-refractivity contribution < 1.29 is 14.2 Å². The summed E-state index contributed by atoms with van der Waals surface area (Å²) in [5.41, 5.74) is 3.69. The van der Waals surface area contributed by atoms with Gasteiger partial charge >= 0.3 is 0 Å². The van der Waals surface area contributed by atoms with Gasteiger partial charge in [-0.05, 0) is 46.2 Å². The van der Waals surface area contributed by atoms with Crippen molar-refractivity contribution in [3.05, 3.63) is 65.0 Å². The van der Waals surface area contributed by atoms with Crippen LogP contribution in [0.15, 0.2) is 42.5 Å². The Morgan fingerprint density at radius 2 is 1.84 bits per heavy atom. The second-order valence-corrected chi connectivity index (χ2v) is 7.25. The molecule has 1 aromatic heterocycles. The highest BCUT2D eigenvalue weighted by molar-refractivity contribution is 5.85. The third kappa shape index (κ3) is 4.81. The van der Waals surface area contributed by atoms with Crippen LogP contribution in [0.25, 0.3) is 0 Å². The van der Waals surface area contributed by atoms with Gasteiger partial charge in [0, 0.05) is 25.8 Å². The quantitative estimate of drug-likeness (QED) is 0.527. The van der Waals surface area contributed by atoms with Crippen molar-refractivity contribution in [2.75, 3.05) is 34.5 Å². The Hall–Kier alpha value is -2.68. The van der Waals surface area contributed by atoms with Gasteiger partial charge in [-0.2, -0.15) is 0 Å². The normalized spacial score (nSPS) is 14.4. The van der Waals surface area contributed by atoms with Crippen LogP contribution in [0.1, 0.15) is 28.6 Å². The first-order chi connectivity index (χ1) is 14.7. The maximum absolute atomic E-state index is 5.72. The molecule has 166 valence electrons. The zero-order chi connectivity index (χ0) is 20.9. The lowest BCUT2D eigenvalue weighted by Crippen LogP contribution is -2.36. The minimum atomic E-state index is -0.185. The Morgan fingerprint density at radius 3 is 2.58 bits per heavy atom. The maximum Gasteiger partial charge on any atom is 0.173 e. The van der Waals surface area contributed by atoms with Crippen LogP contribution < -0.4 is 9.47 Å². The average Bonchev–Trinajstić information content (AvgIpc) is 3.25. The minimum Gasteiger partial charge on any atom is -0.497 e. The molecule has 1 aliphatic heterocycles. The summed E-state index contributed by atoms with van der Waals surface area (Å²) in [5.74, 6) is 2.31. The van der Waals surface area contributed by atoms with Crippen LogP contribution in [0.3, 0.4) is 0 Å². The van der Waals surface area contributed by atoms with E-state index in [-0.39, 0.29) is 18.4 Å². The first kappa shape index (κ1) is 23.0. The highest BCUT2D eigenvalue weighted by Gasteiger charge is 2.32.